The summed E-state index contributed by atoms with van der Waals surface area (Å²) in [6, 6.07) is 5.44. The molecule has 9 nitrogen and oxygen atoms in total. The van der Waals surface area contributed by atoms with E-state index in [0.29, 0.717) is 6.07 Å². The van der Waals surface area contributed by atoms with E-state index in [1.54, 1.807) is 0 Å². The number of nitrogens with one attached hydrogen (secondary N) is 1. The third kappa shape index (κ3) is 3.96. The van der Waals surface area contributed by atoms with E-state index in [-0.39, 0.29) is 22.0 Å². The van der Waals surface area contributed by atoms with Crippen LogP contribution >= 0.6 is 11.3 Å². The average Bonchev–Trinajstić information content (AvgIpc) is 3.09. The van der Waals surface area contributed by atoms with Crippen LogP contribution in [0.5, 0.6) is 0 Å². The molecule has 0 atom stereocenters. The molecule has 0 bridgehead atoms. The number of carbonyl (C=O) groups excluding carboxylic acids is 1. The summed E-state index contributed by atoms with van der Waals surface area (Å²) >= 11 is 0.930. The van der Waals surface area contributed by atoms with Gasteiger partial charge in [0.1, 0.15) is 11.6 Å². The third-order valence-electron chi connectivity index (χ3n) is 3.52. The number of aromatic nitrogens is 1. The number of thiazole rings is 1. The first kappa shape index (κ1) is 19.0. The molecule has 28 heavy (non-hydrogen) atoms. The topological polar surface area (TPSA) is 128 Å². The largest absolute Gasteiger partial charge is 0.298 e. The van der Waals surface area contributed by atoms with E-state index < -0.39 is 38.8 Å². The second-order valence-corrected chi connectivity index (χ2v) is 6.23. The van der Waals surface area contributed by atoms with E-state index in [1.807, 2.05) is 0 Å². The van der Waals surface area contributed by atoms with Crippen molar-refractivity contribution in [2.75, 3.05) is 5.32 Å². The lowest BCUT2D eigenvalue weighted by Crippen LogP contribution is -2.12. The van der Waals surface area contributed by atoms with Crippen molar-refractivity contribution >= 4 is 33.8 Å². The highest BCUT2D eigenvalue weighted by atomic mass is 32.1. The van der Waals surface area contributed by atoms with E-state index in [1.165, 1.54) is 11.4 Å². The van der Waals surface area contributed by atoms with Gasteiger partial charge in [0.15, 0.2) is 5.13 Å². The number of anilines is 1. The van der Waals surface area contributed by atoms with Gasteiger partial charge in [-0.05, 0) is 12.1 Å². The summed E-state index contributed by atoms with van der Waals surface area (Å²) in [4.78, 5) is 36.4. The molecule has 0 radical (unpaired) electrons. The monoisotopic (exact) mass is 406 g/mol. The molecule has 0 unspecified atom stereocenters. The van der Waals surface area contributed by atoms with Gasteiger partial charge >= 0.3 is 0 Å². The van der Waals surface area contributed by atoms with Gasteiger partial charge < -0.3 is 0 Å². The van der Waals surface area contributed by atoms with Gasteiger partial charge in [-0.3, -0.25) is 30.3 Å². The molecule has 2 aromatic carbocycles. The number of nitro groups is 2. The van der Waals surface area contributed by atoms with Crippen LogP contribution in [0, 0.1) is 31.9 Å². The molecule has 1 N–H and O–H groups in total. The molecular formula is C16H8F2N4O5S. The molecule has 3 rings (SSSR count). The molecule has 0 aliphatic rings. The SMILES string of the molecule is O=C(Nc1nc(-c2ccc(F)cc2F)cs1)c1cc([N+](=O)[O-])cc([N+](=O)[O-])c1. The van der Waals surface area contributed by atoms with Gasteiger partial charge in [0.2, 0.25) is 0 Å². The van der Waals surface area contributed by atoms with Crippen LogP contribution in [0.1, 0.15) is 10.4 Å². The van der Waals surface area contributed by atoms with Gasteiger partial charge in [-0.1, -0.05) is 0 Å². The number of hydrogen-bond acceptors (Lipinski definition) is 7. The van der Waals surface area contributed by atoms with Crippen molar-refractivity contribution in [3.63, 3.8) is 0 Å². The van der Waals surface area contributed by atoms with Crippen LogP contribution in [0.3, 0.4) is 0 Å². The van der Waals surface area contributed by atoms with Crippen molar-refractivity contribution in [2.45, 2.75) is 0 Å². The Labute approximate surface area is 158 Å². The van der Waals surface area contributed by atoms with Crippen LogP contribution in [-0.4, -0.2) is 20.7 Å². The number of halogens is 2. The Morgan fingerprint density at radius 3 is 2.25 bits per heavy atom. The smallest absolute Gasteiger partial charge is 0.277 e. The molecule has 0 aliphatic heterocycles. The Morgan fingerprint density at radius 2 is 1.68 bits per heavy atom. The molecule has 3 aromatic rings. The molecule has 1 aromatic heterocycles. The molecule has 0 aliphatic carbocycles. The Balaban J connectivity index is 1.87. The second kappa shape index (κ2) is 7.44. The van der Waals surface area contributed by atoms with Crippen molar-refractivity contribution in [1.82, 2.24) is 4.98 Å². The highest BCUT2D eigenvalue weighted by molar-refractivity contribution is 7.14. The highest BCUT2D eigenvalue weighted by Crippen LogP contribution is 2.28. The van der Waals surface area contributed by atoms with Gasteiger partial charge in [-0.2, -0.15) is 0 Å². The fourth-order valence-electron chi connectivity index (χ4n) is 2.26. The maximum Gasteiger partial charge on any atom is 0.277 e. The van der Waals surface area contributed by atoms with Crippen molar-refractivity contribution in [2.24, 2.45) is 0 Å². The van der Waals surface area contributed by atoms with E-state index >= 15 is 0 Å². The Kier molecular flexibility index (Phi) is 5.04. The van der Waals surface area contributed by atoms with Crippen molar-refractivity contribution in [3.05, 3.63) is 79.2 Å². The fraction of sp³-hybridized carbons (Fsp3) is 0. The van der Waals surface area contributed by atoms with E-state index in [2.05, 4.69) is 10.3 Å². The molecular weight excluding hydrogens is 398 g/mol. The second-order valence-electron chi connectivity index (χ2n) is 5.37. The molecule has 0 saturated heterocycles. The van der Waals surface area contributed by atoms with E-state index in [4.69, 9.17) is 0 Å². The molecule has 142 valence electrons. The van der Waals surface area contributed by atoms with Crippen LogP contribution in [0.15, 0.2) is 41.8 Å². The number of nitrogens with zero attached hydrogens (tertiary/aromatic N) is 3. The first-order valence-corrected chi connectivity index (χ1v) is 8.29. The van der Waals surface area contributed by atoms with E-state index in [9.17, 15) is 33.8 Å². The molecule has 0 fully saturated rings. The number of benzene rings is 2. The normalized spacial score (nSPS) is 10.5. The summed E-state index contributed by atoms with van der Waals surface area (Å²) < 4.78 is 26.8. The summed E-state index contributed by atoms with van der Waals surface area (Å²) in [5, 5.41) is 25.6. The number of amides is 1. The summed E-state index contributed by atoms with van der Waals surface area (Å²) in [5.41, 5.74) is -1.39. The Bertz CT molecular complexity index is 1090. The Hall–Kier alpha value is -3.80. The quantitative estimate of drug-likeness (QED) is 0.500. The van der Waals surface area contributed by atoms with E-state index in [0.717, 1.165) is 35.6 Å². The van der Waals surface area contributed by atoms with Crippen molar-refractivity contribution in [1.29, 1.82) is 0 Å². The lowest BCUT2D eigenvalue weighted by atomic mass is 10.1. The maximum absolute atomic E-state index is 13.8. The first-order valence-electron chi connectivity index (χ1n) is 7.41. The zero-order chi connectivity index (χ0) is 20.4. The Morgan fingerprint density at radius 1 is 1.04 bits per heavy atom. The minimum absolute atomic E-state index is 0.0177. The van der Waals surface area contributed by atoms with Crippen LogP contribution in [-0.2, 0) is 0 Å². The number of rotatable bonds is 5. The number of hydrogen-bond donors (Lipinski definition) is 1. The average molecular weight is 406 g/mol. The molecule has 0 spiro atoms. The standard InChI is InChI=1S/C16H8F2N4O5S/c17-9-1-2-12(13(18)5-9)14-7-28-16(19-14)20-15(23)8-3-10(21(24)25)6-11(4-8)22(26)27/h1-7H,(H,19,20,23). The zero-order valence-electron chi connectivity index (χ0n) is 13.6. The summed E-state index contributed by atoms with van der Waals surface area (Å²) in [6.45, 7) is 0. The lowest BCUT2D eigenvalue weighted by Gasteiger charge is -2.03. The van der Waals surface area contributed by atoms with Crippen molar-refractivity contribution < 1.29 is 23.4 Å². The number of carbonyl (C=O) groups is 1. The van der Waals surface area contributed by atoms with Crippen molar-refractivity contribution in [3.8, 4) is 11.3 Å². The van der Waals surface area contributed by atoms with Gasteiger partial charge in [-0.15, -0.1) is 11.3 Å². The van der Waals surface area contributed by atoms with Crippen LogP contribution < -0.4 is 5.32 Å². The maximum atomic E-state index is 13.8. The summed E-state index contributed by atoms with van der Waals surface area (Å²) in [5.74, 6) is -2.46. The highest BCUT2D eigenvalue weighted by Gasteiger charge is 2.21. The fourth-order valence-corrected chi connectivity index (χ4v) is 2.96. The van der Waals surface area contributed by atoms with Gasteiger partial charge in [0.25, 0.3) is 17.3 Å². The van der Waals surface area contributed by atoms with Crippen LogP contribution in [0.4, 0.5) is 25.3 Å². The summed E-state index contributed by atoms with van der Waals surface area (Å²) in [7, 11) is 0. The predicted molar refractivity (Wildman–Crippen MR) is 95.2 cm³/mol. The molecule has 0 saturated carbocycles. The summed E-state index contributed by atoms with van der Waals surface area (Å²) in [6.07, 6.45) is 0. The molecule has 12 heteroatoms. The number of nitro benzene ring substituents is 2. The van der Waals surface area contributed by atoms with Crippen LogP contribution in [0.2, 0.25) is 0 Å². The first-order chi connectivity index (χ1) is 13.2. The molecule has 1 amide bonds. The van der Waals surface area contributed by atoms with Crippen LogP contribution in [0.25, 0.3) is 11.3 Å². The predicted octanol–water partition coefficient (Wildman–Crippen LogP) is 4.16. The lowest BCUT2D eigenvalue weighted by molar-refractivity contribution is -0.394. The van der Waals surface area contributed by atoms with Gasteiger partial charge in [0.05, 0.1) is 27.2 Å². The third-order valence-corrected chi connectivity index (χ3v) is 4.28. The number of non-ortho nitro benzene ring substituents is 2. The molecule has 1 heterocycles. The zero-order valence-corrected chi connectivity index (χ0v) is 14.4. The van der Waals surface area contributed by atoms with Gasteiger partial charge in [-0.25, -0.2) is 13.8 Å². The minimum atomic E-state index is -0.868. The van der Waals surface area contributed by atoms with Gasteiger partial charge in [0, 0.05) is 29.1 Å². The minimum Gasteiger partial charge on any atom is -0.298 e.